The van der Waals surface area contributed by atoms with Crippen LogP contribution in [0.3, 0.4) is 0 Å². The maximum atomic E-state index is 13.4. The fourth-order valence-corrected chi connectivity index (χ4v) is 5.40. The molecule has 28 heavy (non-hydrogen) atoms. The molecule has 0 spiro atoms. The van der Waals surface area contributed by atoms with E-state index in [-0.39, 0.29) is 29.8 Å². The van der Waals surface area contributed by atoms with Crippen LogP contribution in [0.2, 0.25) is 0 Å². The molecule has 5 nitrogen and oxygen atoms in total. The SMILES string of the molecule is O=C(C1CCN(S(=O)(=O)c2ccc(F)c(F)c2)CC1)N1CCc2ccccc21. The van der Waals surface area contributed by atoms with Crippen molar-refractivity contribution in [3.05, 3.63) is 59.7 Å². The van der Waals surface area contributed by atoms with Crippen LogP contribution < -0.4 is 4.90 Å². The number of halogens is 2. The normalized spacial score (nSPS) is 18.3. The number of rotatable bonds is 3. The maximum absolute atomic E-state index is 13.4. The molecule has 0 unspecified atom stereocenters. The number of benzene rings is 2. The number of hydrogen-bond donors (Lipinski definition) is 0. The number of para-hydroxylation sites is 1. The van der Waals surface area contributed by atoms with Crippen molar-refractivity contribution >= 4 is 21.6 Å². The summed E-state index contributed by atoms with van der Waals surface area (Å²) in [6, 6.07) is 10.4. The lowest BCUT2D eigenvalue weighted by Crippen LogP contribution is -2.44. The Balaban J connectivity index is 1.45. The quantitative estimate of drug-likeness (QED) is 0.788. The van der Waals surface area contributed by atoms with Crippen molar-refractivity contribution in [2.75, 3.05) is 24.5 Å². The monoisotopic (exact) mass is 406 g/mol. The van der Waals surface area contributed by atoms with Gasteiger partial charge in [-0.15, -0.1) is 0 Å². The minimum absolute atomic E-state index is 0.0230. The van der Waals surface area contributed by atoms with E-state index in [9.17, 15) is 22.0 Å². The molecule has 0 aliphatic carbocycles. The summed E-state index contributed by atoms with van der Waals surface area (Å²) in [6.45, 7) is 0.992. The average Bonchev–Trinajstić information content (AvgIpc) is 3.13. The van der Waals surface area contributed by atoms with Gasteiger partial charge in [0.1, 0.15) is 0 Å². The molecule has 2 aromatic carbocycles. The summed E-state index contributed by atoms with van der Waals surface area (Å²) in [6.07, 6.45) is 1.63. The lowest BCUT2D eigenvalue weighted by Gasteiger charge is -2.32. The van der Waals surface area contributed by atoms with Gasteiger partial charge in [0, 0.05) is 31.2 Å². The van der Waals surface area contributed by atoms with Crippen molar-refractivity contribution in [2.45, 2.75) is 24.2 Å². The highest BCUT2D eigenvalue weighted by Gasteiger charge is 2.36. The Kier molecular flexibility index (Phi) is 4.93. The molecule has 0 aromatic heterocycles. The van der Waals surface area contributed by atoms with E-state index in [1.165, 1.54) is 4.31 Å². The molecule has 4 rings (SSSR count). The van der Waals surface area contributed by atoms with E-state index in [0.29, 0.717) is 25.5 Å². The van der Waals surface area contributed by atoms with Crippen LogP contribution >= 0.6 is 0 Å². The molecule has 0 saturated carbocycles. The van der Waals surface area contributed by atoms with Gasteiger partial charge in [-0.2, -0.15) is 4.31 Å². The number of amides is 1. The lowest BCUT2D eigenvalue weighted by molar-refractivity contribution is -0.123. The summed E-state index contributed by atoms with van der Waals surface area (Å²) in [5.41, 5.74) is 2.08. The molecule has 0 bridgehead atoms. The molecule has 2 aliphatic heterocycles. The molecule has 1 fully saturated rings. The second kappa shape index (κ2) is 7.25. The lowest BCUT2D eigenvalue weighted by atomic mass is 9.96. The highest BCUT2D eigenvalue weighted by molar-refractivity contribution is 7.89. The molecule has 148 valence electrons. The van der Waals surface area contributed by atoms with Gasteiger partial charge in [-0.3, -0.25) is 4.79 Å². The topological polar surface area (TPSA) is 57.7 Å². The molecule has 2 aromatic rings. The zero-order valence-electron chi connectivity index (χ0n) is 15.1. The summed E-state index contributed by atoms with van der Waals surface area (Å²) in [5, 5.41) is 0. The van der Waals surface area contributed by atoms with Gasteiger partial charge in [0.2, 0.25) is 15.9 Å². The van der Waals surface area contributed by atoms with Gasteiger partial charge >= 0.3 is 0 Å². The number of piperidine rings is 1. The van der Waals surface area contributed by atoms with Crippen molar-refractivity contribution in [1.82, 2.24) is 4.31 Å². The molecule has 1 amide bonds. The van der Waals surface area contributed by atoms with Crippen LogP contribution in [0.5, 0.6) is 0 Å². The third kappa shape index (κ3) is 3.31. The molecule has 1 saturated heterocycles. The number of nitrogens with zero attached hydrogens (tertiary/aromatic N) is 2. The van der Waals surface area contributed by atoms with Crippen LogP contribution in [0.15, 0.2) is 47.4 Å². The summed E-state index contributed by atoms with van der Waals surface area (Å²) < 4.78 is 53.1. The highest BCUT2D eigenvalue weighted by Crippen LogP contribution is 2.32. The molecule has 2 aliphatic rings. The van der Waals surface area contributed by atoms with E-state index in [2.05, 4.69) is 0 Å². The largest absolute Gasteiger partial charge is 0.312 e. The molecule has 0 N–H and O–H groups in total. The smallest absolute Gasteiger partial charge is 0.243 e. The van der Waals surface area contributed by atoms with Gasteiger partial charge in [-0.25, -0.2) is 17.2 Å². The van der Waals surface area contributed by atoms with Gasteiger partial charge in [0.25, 0.3) is 0 Å². The van der Waals surface area contributed by atoms with Gasteiger partial charge in [0.05, 0.1) is 4.90 Å². The van der Waals surface area contributed by atoms with Gasteiger partial charge < -0.3 is 4.90 Å². The van der Waals surface area contributed by atoms with Crippen LogP contribution in [-0.2, 0) is 21.2 Å². The second-order valence-corrected chi connectivity index (χ2v) is 9.06. The summed E-state index contributed by atoms with van der Waals surface area (Å²) >= 11 is 0. The first-order chi connectivity index (χ1) is 13.4. The van der Waals surface area contributed by atoms with Crippen molar-refractivity contribution < 1.29 is 22.0 Å². The zero-order valence-corrected chi connectivity index (χ0v) is 16.0. The predicted molar refractivity (Wildman–Crippen MR) is 100 cm³/mol. The van der Waals surface area contributed by atoms with Crippen molar-refractivity contribution in [3.63, 3.8) is 0 Å². The minimum Gasteiger partial charge on any atom is -0.312 e. The van der Waals surface area contributed by atoms with Gasteiger partial charge in [-0.1, -0.05) is 18.2 Å². The third-order valence-corrected chi connectivity index (χ3v) is 7.38. The Hall–Kier alpha value is -2.32. The van der Waals surface area contributed by atoms with Crippen LogP contribution in [0.25, 0.3) is 0 Å². The molecule has 8 heteroatoms. The second-order valence-electron chi connectivity index (χ2n) is 7.12. The zero-order chi connectivity index (χ0) is 19.9. The minimum atomic E-state index is -3.92. The van der Waals surface area contributed by atoms with Crippen molar-refractivity contribution in [2.24, 2.45) is 5.92 Å². The fraction of sp³-hybridized carbons (Fsp3) is 0.350. The summed E-state index contributed by atoms with van der Waals surface area (Å²) in [4.78, 5) is 14.5. The molecule has 2 heterocycles. The van der Waals surface area contributed by atoms with E-state index in [4.69, 9.17) is 0 Å². The number of fused-ring (bicyclic) bond motifs is 1. The Morgan fingerprint density at radius 2 is 1.68 bits per heavy atom. The van der Waals surface area contributed by atoms with Crippen LogP contribution in [0.1, 0.15) is 18.4 Å². The van der Waals surface area contributed by atoms with Crippen LogP contribution in [0, 0.1) is 17.6 Å². The van der Waals surface area contributed by atoms with Crippen LogP contribution in [-0.4, -0.2) is 38.3 Å². The Morgan fingerprint density at radius 1 is 0.964 bits per heavy atom. The molecule has 0 atom stereocenters. The van der Waals surface area contributed by atoms with Crippen LogP contribution in [0.4, 0.5) is 14.5 Å². The molecular formula is C20H20F2N2O3S. The number of carbonyl (C=O) groups is 1. The van der Waals surface area contributed by atoms with E-state index in [0.717, 1.165) is 29.8 Å². The molecule has 0 radical (unpaired) electrons. The van der Waals surface area contributed by atoms with E-state index < -0.39 is 21.7 Å². The number of carbonyl (C=O) groups excluding carboxylic acids is 1. The number of hydrogen-bond acceptors (Lipinski definition) is 3. The first-order valence-corrected chi connectivity index (χ1v) is 10.7. The highest BCUT2D eigenvalue weighted by atomic mass is 32.2. The van der Waals surface area contributed by atoms with E-state index >= 15 is 0 Å². The Morgan fingerprint density at radius 3 is 2.39 bits per heavy atom. The van der Waals surface area contributed by atoms with E-state index in [1.807, 2.05) is 24.3 Å². The van der Waals surface area contributed by atoms with E-state index in [1.54, 1.807) is 4.90 Å². The first kappa shape index (κ1) is 19.0. The standard InChI is InChI=1S/C20H20F2N2O3S/c21-17-6-5-16(13-18(17)22)28(26,27)23-10-7-15(8-11-23)20(25)24-12-9-14-3-1-2-4-19(14)24/h1-6,13,15H,7-12H2. The molecular weight excluding hydrogens is 386 g/mol. The van der Waals surface area contributed by atoms with Crippen molar-refractivity contribution in [1.29, 1.82) is 0 Å². The summed E-state index contributed by atoms with van der Waals surface area (Å²) in [5.74, 6) is -2.51. The third-order valence-electron chi connectivity index (χ3n) is 5.49. The Bertz CT molecular complexity index is 1020. The Labute approximate surface area is 162 Å². The average molecular weight is 406 g/mol. The van der Waals surface area contributed by atoms with Crippen molar-refractivity contribution in [3.8, 4) is 0 Å². The van der Waals surface area contributed by atoms with Gasteiger partial charge in [-0.05, 0) is 49.1 Å². The predicted octanol–water partition coefficient (Wildman–Crippen LogP) is 2.95. The fourth-order valence-electron chi connectivity index (χ4n) is 3.92. The first-order valence-electron chi connectivity index (χ1n) is 9.22. The maximum Gasteiger partial charge on any atom is 0.243 e. The van der Waals surface area contributed by atoms with Gasteiger partial charge in [0.15, 0.2) is 11.6 Å². The summed E-state index contributed by atoms with van der Waals surface area (Å²) in [7, 11) is -3.92. The number of anilines is 1. The number of sulfonamides is 1.